The number of aromatic amines is 1. The number of carbonyl (C=O) groups is 3. The first kappa shape index (κ1) is 38.9. The first-order chi connectivity index (χ1) is 29.2. The molecule has 0 bridgehead atoms. The van der Waals surface area contributed by atoms with E-state index < -0.39 is 11.9 Å². The van der Waals surface area contributed by atoms with E-state index in [1.807, 2.05) is 24.3 Å². The van der Waals surface area contributed by atoms with Crippen molar-refractivity contribution < 1.29 is 23.9 Å². The number of H-pyrrole nitrogens is 1. The summed E-state index contributed by atoms with van der Waals surface area (Å²) in [5, 5.41) is 11.2. The third-order valence-electron chi connectivity index (χ3n) is 14.0. The van der Waals surface area contributed by atoms with Gasteiger partial charge in [0.25, 0.3) is 5.91 Å². The lowest BCUT2D eigenvalue weighted by Crippen LogP contribution is -2.52. The van der Waals surface area contributed by atoms with Crippen LogP contribution in [0.5, 0.6) is 11.5 Å². The second kappa shape index (κ2) is 16.0. The van der Waals surface area contributed by atoms with Crippen molar-refractivity contribution in [3.05, 3.63) is 53.9 Å². The van der Waals surface area contributed by atoms with Crippen LogP contribution in [0.2, 0.25) is 0 Å². The number of carbonyl (C=O) groups excluding carboxylic acids is 3. The molecule has 1 unspecified atom stereocenters. The van der Waals surface area contributed by atoms with Crippen LogP contribution in [0.1, 0.15) is 74.2 Å². The first-order valence-corrected chi connectivity index (χ1v) is 22.0. The zero-order valence-electron chi connectivity index (χ0n) is 34.8. The van der Waals surface area contributed by atoms with Crippen molar-refractivity contribution >= 4 is 40.1 Å². The molecule has 10 rings (SSSR count). The number of aromatic nitrogens is 4. The molecule has 2 saturated carbocycles. The lowest BCUT2D eigenvalue weighted by molar-refractivity contribution is -0.136. The highest BCUT2D eigenvalue weighted by Gasteiger charge is 2.42. The lowest BCUT2D eigenvalue weighted by Gasteiger charge is -2.41. The number of fused-ring (bicyclic) bond motifs is 2. The van der Waals surface area contributed by atoms with Gasteiger partial charge in [-0.15, -0.1) is 0 Å². The molecule has 6 aliphatic rings. The molecule has 60 heavy (non-hydrogen) atoms. The smallest absolute Gasteiger partial charge is 0.255 e. The van der Waals surface area contributed by atoms with Crippen LogP contribution in [0.25, 0.3) is 22.3 Å². The van der Waals surface area contributed by atoms with Crippen molar-refractivity contribution in [3.63, 3.8) is 0 Å². The van der Waals surface area contributed by atoms with E-state index in [9.17, 15) is 14.4 Å². The molecule has 2 aromatic heterocycles. The zero-order valence-corrected chi connectivity index (χ0v) is 34.8. The molecule has 2 aromatic carbocycles. The summed E-state index contributed by atoms with van der Waals surface area (Å²) in [5.41, 5.74) is 4.99. The molecule has 4 aromatic rings. The standard InChI is InChI=1S/C45H56N10O5/c1-45(13-14-45)60-31-7-9-35-33(23-31)41(50-49-35)36-24-39(47-28-46-36)54-21-17-52(18-22-54)26-30-5-3-29(4-6-30)25-51-15-19-53(20-16-51)37-10-8-32-34(42(37)59-2)27-55(44(32)58)38-11-12-40(56)48-43(38)57/h7-10,23-24,28-30,38H,3-6,11-22,25-27H2,1-2H3,(H,49,50)(H,48,56,57). The molecular weight excluding hydrogens is 761 g/mol. The fourth-order valence-electron chi connectivity index (χ4n) is 10.2. The molecule has 1 atom stereocenters. The van der Waals surface area contributed by atoms with Crippen molar-refractivity contribution in [1.82, 2.24) is 40.2 Å². The number of piperazine rings is 2. The van der Waals surface area contributed by atoms with E-state index in [1.54, 1.807) is 18.3 Å². The molecule has 0 radical (unpaired) electrons. The first-order valence-electron chi connectivity index (χ1n) is 22.0. The number of ether oxygens (including phenoxy) is 2. The highest BCUT2D eigenvalue weighted by atomic mass is 16.5. The normalized spacial score (nSPS) is 24.8. The molecule has 3 saturated heterocycles. The van der Waals surface area contributed by atoms with Gasteiger partial charge in [-0.1, -0.05) is 0 Å². The van der Waals surface area contributed by atoms with Gasteiger partial charge in [-0.05, 0) is 94.0 Å². The van der Waals surface area contributed by atoms with Crippen LogP contribution in [0.3, 0.4) is 0 Å². The summed E-state index contributed by atoms with van der Waals surface area (Å²) < 4.78 is 12.2. The van der Waals surface area contributed by atoms with E-state index in [0.717, 1.165) is 129 Å². The van der Waals surface area contributed by atoms with Gasteiger partial charge >= 0.3 is 0 Å². The minimum Gasteiger partial charge on any atom is -0.494 e. The van der Waals surface area contributed by atoms with Gasteiger partial charge in [0.05, 0.1) is 30.6 Å². The van der Waals surface area contributed by atoms with Crippen LogP contribution >= 0.6 is 0 Å². The molecule has 15 nitrogen and oxygen atoms in total. The Labute approximate surface area is 350 Å². The number of amides is 3. The second-order valence-corrected chi connectivity index (χ2v) is 18.1. The van der Waals surface area contributed by atoms with E-state index in [0.29, 0.717) is 24.3 Å². The zero-order chi connectivity index (χ0) is 41.0. The molecule has 316 valence electrons. The third kappa shape index (κ3) is 7.77. The Morgan fingerprint density at radius 3 is 2.18 bits per heavy atom. The fourth-order valence-corrected chi connectivity index (χ4v) is 10.2. The highest BCUT2D eigenvalue weighted by molar-refractivity contribution is 6.06. The number of imide groups is 1. The average Bonchev–Trinajstić information content (AvgIpc) is 3.68. The number of hydrogen-bond donors (Lipinski definition) is 2. The summed E-state index contributed by atoms with van der Waals surface area (Å²) in [4.78, 5) is 58.6. The number of nitrogens with one attached hydrogen (secondary N) is 2. The molecule has 4 aliphatic heterocycles. The summed E-state index contributed by atoms with van der Waals surface area (Å²) in [6.07, 6.45) is 9.61. The predicted octanol–water partition coefficient (Wildman–Crippen LogP) is 4.47. The molecule has 15 heteroatoms. The van der Waals surface area contributed by atoms with Crippen molar-refractivity contribution in [3.8, 4) is 22.9 Å². The number of hydrogen-bond acceptors (Lipinski definition) is 12. The van der Waals surface area contributed by atoms with Gasteiger partial charge in [0.2, 0.25) is 11.8 Å². The topological polar surface area (TPSA) is 152 Å². The van der Waals surface area contributed by atoms with E-state index in [1.165, 1.54) is 32.2 Å². The minimum absolute atomic E-state index is 0.0388. The Balaban J connectivity index is 0.673. The monoisotopic (exact) mass is 816 g/mol. The van der Waals surface area contributed by atoms with Crippen LogP contribution < -0.4 is 24.6 Å². The van der Waals surface area contributed by atoms with Gasteiger partial charge < -0.3 is 24.2 Å². The van der Waals surface area contributed by atoms with E-state index >= 15 is 0 Å². The second-order valence-electron chi connectivity index (χ2n) is 18.1. The summed E-state index contributed by atoms with van der Waals surface area (Å²) in [7, 11) is 1.66. The van der Waals surface area contributed by atoms with Gasteiger partial charge in [-0.25, -0.2) is 9.97 Å². The summed E-state index contributed by atoms with van der Waals surface area (Å²) in [6, 6.07) is 11.4. The lowest BCUT2D eigenvalue weighted by atomic mass is 9.81. The van der Waals surface area contributed by atoms with Crippen molar-refractivity contribution in [2.24, 2.45) is 11.8 Å². The van der Waals surface area contributed by atoms with E-state index in [-0.39, 0.29) is 23.8 Å². The number of nitrogens with zero attached hydrogens (tertiary/aromatic N) is 8. The average molecular weight is 817 g/mol. The molecule has 0 spiro atoms. The van der Waals surface area contributed by atoms with Crippen LogP contribution in [-0.4, -0.2) is 137 Å². The number of methoxy groups -OCH3 is 1. The van der Waals surface area contributed by atoms with Crippen molar-refractivity contribution in [2.45, 2.75) is 76.5 Å². The van der Waals surface area contributed by atoms with Crippen LogP contribution in [-0.2, 0) is 16.1 Å². The van der Waals surface area contributed by atoms with Gasteiger partial charge in [0.15, 0.2) is 0 Å². The molecular formula is C45H56N10O5. The van der Waals surface area contributed by atoms with Gasteiger partial charge in [0, 0.05) is 94.4 Å². The van der Waals surface area contributed by atoms with E-state index in [4.69, 9.17) is 9.47 Å². The van der Waals surface area contributed by atoms with Gasteiger partial charge in [0.1, 0.15) is 41.0 Å². The quantitative estimate of drug-likeness (QED) is 0.206. The Morgan fingerprint density at radius 1 is 0.817 bits per heavy atom. The van der Waals surface area contributed by atoms with Crippen LogP contribution in [0.4, 0.5) is 11.5 Å². The minimum atomic E-state index is -0.641. The molecule has 2 aliphatic carbocycles. The van der Waals surface area contributed by atoms with Crippen LogP contribution in [0, 0.1) is 11.8 Å². The number of anilines is 2. The highest BCUT2D eigenvalue weighted by Crippen LogP contribution is 2.42. The van der Waals surface area contributed by atoms with Gasteiger partial charge in [-0.2, -0.15) is 5.10 Å². The van der Waals surface area contributed by atoms with Crippen molar-refractivity contribution in [1.29, 1.82) is 0 Å². The number of rotatable bonds is 11. The van der Waals surface area contributed by atoms with E-state index in [2.05, 4.69) is 64.1 Å². The number of benzene rings is 2. The predicted molar refractivity (Wildman–Crippen MR) is 227 cm³/mol. The fraction of sp³-hybridized carbons (Fsp3) is 0.556. The summed E-state index contributed by atoms with van der Waals surface area (Å²) >= 11 is 0. The third-order valence-corrected chi connectivity index (χ3v) is 14.0. The Morgan fingerprint density at radius 2 is 1.52 bits per heavy atom. The van der Waals surface area contributed by atoms with Crippen molar-refractivity contribution in [2.75, 3.05) is 82.4 Å². The largest absolute Gasteiger partial charge is 0.494 e. The SMILES string of the molecule is COc1c(N2CCN(CC3CCC(CN4CCN(c5cc(-c6n[nH]c7ccc(OC8(C)CC8)cc67)ncn5)CC4)CC3)CC2)ccc2c1CN(C1CCC(=O)NC1=O)C2=O. The van der Waals surface area contributed by atoms with Crippen LogP contribution in [0.15, 0.2) is 42.7 Å². The Kier molecular flexibility index (Phi) is 10.3. The molecule has 2 N–H and O–H groups in total. The molecule has 6 heterocycles. The maximum Gasteiger partial charge on any atom is 0.255 e. The number of piperidine rings is 1. The molecule has 5 fully saturated rings. The Hall–Kier alpha value is -5.28. The maximum absolute atomic E-state index is 13.4. The maximum atomic E-state index is 13.4. The summed E-state index contributed by atoms with van der Waals surface area (Å²) in [5.74, 6) is 3.18. The Bertz CT molecular complexity index is 2270. The summed E-state index contributed by atoms with van der Waals surface area (Å²) in [6.45, 7) is 12.6. The van der Waals surface area contributed by atoms with Gasteiger partial charge in [-0.3, -0.25) is 34.6 Å². The molecule has 3 amide bonds.